The van der Waals surface area contributed by atoms with Crippen molar-refractivity contribution in [2.24, 2.45) is 10.9 Å². The quantitative estimate of drug-likeness (QED) is 0.220. The van der Waals surface area contributed by atoms with E-state index in [1.165, 1.54) is 26.1 Å². The summed E-state index contributed by atoms with van der Waals surface area (Å²) in [5.74, 6) is 1.48. The van der Waals surface area contributed by atoms with Crippen LogP contribution in [0.25, 0.3) is 0 Å². The maximum Gasteiger partial charge on any atom is 0.191 e. The van der Waals surface area contributed by atoms with Crippen molar-refractivity contribution in [3.63, 3.8) is 0 Å². The summed E-state index contributed by atoms with van der Waals surface area (Å²) < 4.78 is 11.1. The number of hydrogen-bond donors (Lipinski definition) is 2. The van der Waals surface area contributed by atoms with E-state index in [4.69, 9.17) is 9.47 Å². The molecule has 2 aliphatic rings. The van der Waals surface area contributed by atoms with Crippen LogP contribution < -0.4 is 10.6 Å². The van der Waals surface area contributed by atoms with Crippen molar-refractivity contribution in [1.29, 1.82) is 0 Å². The standard InChI is InChI=1S/C18H37N5O2.HI/c1-19-18(20-6-3-13-24-15-17-5-14-25-16-17)21-7-10-23-9-4-8-22(2)11-12-23;/h17H,3-16H2,1-2H3,(H2,19,20,21);1H. The van der Waals surface area contributed by atoms with E-state index in [-0.39, 0.29) is 24.0 Å². The Bertz CT molecular complexity index is 381. The van der Waals surface area contributed by atoms with Crippen molar-refractivity contribution in [1.82, 2.24) is 20.4 Å². The summed E-state index contributed by atoms with van der Waals surface area (Å²) in [6.45, 7) is 11.0. The predicted molar refractivity (Wildman–Crippen MR) is 118 cm³/mol. The van der Waals surface area contributed by atoms with Gasteiger partial charge in [-0.25, -0.2) is 0 Å². The fourth-order valence-electron chi connectivity index (χ4n) is 3.22. The molecule has 2 rings (SSSR count). The molecule has 2 saturated heterocycles. The summed E-state index contributed by atoms with van der Waals surface area (Å²) in [7, 11) is 4.03. The maximum absolute atomic E-state index is 5.72. The average Bonchev–Trinajstić information content (AvgIpc) is 3.05. The molecule has 2 N–H and O–H groups in total. The smallest absolute Gasteiger partial charge is 0.191 e. The maximum atomic E-state index is 5.72. The minimum Gasteiger partial charge on any atom is -0.381 e. The van der Waals surface area contributed by atoms with E-state index in [2.05, 4.69) is 32.5 Å². The van der Waals surface area contributed by atoms with Gasteiger partial charge in [-0.05, 0) is 39.4 Å². The van der Waals surface area contributed by atoms with Crippen LogP contribution in [0.2, 0.25) is 0 Å². The lowest BCUT2D eigenvalue weighted by Gasteiger charge is -2.21. The van der Waals surface area contributed by atoms with Crippen molar-refractivity contribution in [3.05, 3.63) is 0 Å². The summed E-state index contributed by atoms with van der Waals surface area (Å²) in [6.07, 6.45) is 3.39. The molecule has 2 aliphatic heterocycles. The number of halogens is 1. The molecule has 0 aromatic carbocycles. The van der Waals surface area contributed by atoms with E-state index in [0.717, 1.165) is 71.4 Å². The topological polar surface area (TPSA) is 61.4 Å². The van der Waals surface area contributed by atoms with Gasteiger partial charge in [-0.3, -0.25) is 4.99 Å². The highest BCUT2D eigenvalue weighted by Gasteiger charge is 2.15. The first-order valence-corrected chi connectivity index (χ1v) is 9.79. The largest absolute Gasteiger partial charge is 0.381 e. The van der Waals surface area contributed by atoms with Gasteiger partial charge in [0.15, 0.2) is 5.96 Å². The molecule has 1 unspecified atom stereocenters. The Morgan fingerprint density at radius 2 is 2.04 bits per heavy atom. The van der Waals surface area contributed by atoms with Crippen LogP contribution in [0.3, 0.4) is 0 Å². The summed E-state index contributed by atoms with van der Waals surface area (Å²) in [5.41, 5.74) is 0. The van der Waals surface area contributed by atoms with E-state index in [0.29, 0.717) is 5.92 Å². The lowest BCUT2D eigenvalue weighted by Crippen LogP contribution is -2.42. The Kier molecular flexibility index (Phi) is 13.6. The van der Waals surface area contributed by atoms with E-state index in [9.17, 15) is 0 Å². The van der Waals surface area contributed by atoms with Crippen molar-refractivity contribution in [3.8, 4) is 0 Å². The van der Waals surface area contributed by atoms with Crippen LogP contribution >= 0.6 is 24.0 Å². The zero-order chi connectivity index (χ0) is 17.7. The molecule has 154 valence electrons. The number of nitrogens with zero attached hydrogens (tertiary/aromatic N) is 3. The highest BCUT2D eigenvalue weighted by atomic mass is 127. The second-order valence-corrected chi connectivity index (χ2v) is 7.08. The molecule has 0 aromatic rings. The van der Waals surface area contributed by atoms with Gasteiger partial charge >= 0.3 is 0 Å². The minimum atomic E-state index is 0. The molecular formula is C18H38IN5O2. The Morgan fingerprint density at radius 1 is 1.19 bits per heavy atom. The lowest BCUT2D eigenvalue weighted by molar-refractivity contribution is 0.0888. The average molecular weight is 483 g/mol. The molecule has 2 heterocycles. The van der Waals surface area contributed by atoms with Crippen LogP contribution in [0.4, 0.5) is 0 Å². The first-order valence-electron chi connectivity index (χ1n) is 9.79. The van der Waals surface area contributed by atoms with Gasteiger partial charge in [0.05, 0.1) is 13.2 Å². The Balaban J connectivity index is 0.00000338. The fraction of sp³-hybridized carbons (Fsp3) is 0.944. The van der Waals surface area contributed by atoms with Gasteiger partial charge in [-0.15, -0.1) is 24.0 Å². The number of nitrogens with one attached hydrogen (secondary N) is 2. The van der Waals surface area contributed by atoms with E-state index in [1.807, 2.05) is 7.05 Å². The number of likely N-dealkylation sites (N-methyl/N-ethyl adjacent to an activating group) is 1. The molecular weight excluding hydrogens is 445 g/mol. The summed E-state index contributed by atoms with van der Waals surface area (Å²) in [6, 6.07) is 0. The zero-order valence-electron chi connectivity index (χ0n) is 16.5. The molecule has 2 fully saturated rings. The zero-order valence-corrected chi connectivity index (χ0v) is 18.9. The third kappa shape index (κ3) is 10.2. The molecule has 0 aliphatic carbocycles. The van der Waals surface area contributed by atoms with Crippen LogP contribution in [0.5, 0.6) is 0 Å². The highest BCUT2D eigenvalue weighted by molar-refractivity contribution is 14.0. The third-order valence-electron chi connectivity index (χ3n) is 4.89. The van der Waals surface area contributed by atoms with Crippen molar-refractivity contribution in [2.45, 2.75) is 19.3 Å². The molecule has 26 heavy (non-hydrogen) atoms. The summed E-state index contributed by atoms with van der Waals surface area (Å²) >= 11 is 0. The molecule has 8 heteroatoms. The molecule has 0 amide bonds. The Labute approximate surface area is 176 Å². The van der Waals surface area contributed by atoms with Crippen LogP contribution in [0, 0.1) is 5.92 Å². The number of guanidine groups is 1. The van der Waals surface area contributed by atoms with Gasteiger partial charge in [0.2, 0.25) is 0 Å². The Hall–Kier alpha value is -0.160. The fourth-order valence-corrected chi connectivity index (χ4v) is 3.22. The molecule has 1 atom stereocenters. The highest BCUT2D eigenvalue weighted by Crippen LogP contribution is 2.12. The molecule has 0 radical (unpaired) electrons. The Morgan fingerprint density at radius 3 is 2.81 bits per heavy atom. The molecule has 0 aromatic heterocycles. The summed E-state index contributed by atoms with van der Waals surface area (Å²) in [5, 5.41) is 6.77. The van der Waals surface area contributed by atoms with Crippen LogP contribution in [0.1, 0.15) is 19.3 Å². The summed E-state index contributed by atoms with van der Waals surface area (Å²) in [4.78, 5) is 9.24. The van der Waals surface area contributed by atoms with Gasteiger partial charge in [0.1, 0.15) is 0 Å². The van der Waals surface area contributed by atoms with Gasteiger partial charge in [0.25, 0.3) is 0 Å². The number of rotatable bonds is 9. The van der Waals surface area contributed by atoms with Gasteiger partial charge in [0, 0.05) is 58.9 Å². The molecule has 7 nitrogen and oxygen atoms in total. The first-order chi connectivity index (χ1) is 12.3. The molecule has 0 spiro atoms. The second-order valence-electron chi connectivity index (χ2n) is 7.08. The molecule has 0 saturated carbocycles. The van der Waals surface area contributed by atoms with E-state index >= 15 is 0 Å². The van der Waals surface area contributed by atoms with Crippen LogP contribution in [-0.2, 0) is 9.47 Å². The third-order valence-corrected chi connectivity index (χ3v) is 4.89. The SMILES string of the molecule is CN=C(NCCCOCC1CCOC1)NCCN1CCCN(C)CC1.I. The van der Waals surface area contributed by atoms with E-state index in [1.54, 1.807) is 0 Å². The first kappa shape index (κ1) is 23.9. The van der Waals surface area contributed by atoms with Crippen molar-refractivity contribution in [2.75, 3.05) is 86.3 Å². The van der Waals surface area contributed by atoms with Crippen LogP contribution in [0.15, 0.2) is 4.99 Å². The monoisotopic (exact) mass is 483 g/mol. The number of ether oxygens (including phenoxy) is 2. The van der Waals surface area contributed by atoms with Crippen molar-refractivity contribution < 1.29 is 9.47 Å². The predicted octanol–water partition coefficient (Wildman–Crippen LogP) is 0.850. The van der Waals surface area contributed by atoms with Crippen molar-refractivity contribution >= 4 is 29.9 Å². The normalized spacial score (nSPS) is 22.7. The van der Waals surface area contributed by atoms with Gasteiger partial charge in [-0.2, -0.15) is 0 Å². The van der Waals surface area contributed by atoms with Gasteiger partial charge < -0.3 is 29.9 Å². The van der Waals surface area contributed by atoms with Crippen LogP contribution in [-0.4, -0.2) is 102 Å². The lowest BCUT2D eigenvalue weighted by atomic mass is 10.1. The molecule has 0 bridgehead atoms. The van der Waals surface area contributed by atoms with Gasteiger partial charge in [-0.1, -0.05) is 0 Å². The van der Waals surface area contributed by atoms with E-state index < -0.39 is 0 Å². The second kappa shape index (κ2) is 14.8. The number of aliphatic imine (C=N–C) groups is 1. The minimum absolute atomic E-state index is 0. The number of hydrogen-bond acceptors (Lipinski definition) is 5.